The smallest absolute Gasteiger partial charge is 0.165 e. The molecule has 0 aliphatic heterocycles. The van der Waals surface area contributed by atoms with E-state index in [1.165, 1.54) is 18.9 Å². The normalized spacial score (nSPS) is 22.5. The van der Waals surface area contributed by atoms with Gasteiger partial charge < -0.3 is 10.5 Å². The van der Waals surface area contributed by atoms with Gasteiger partial charge in [-0.3, -0.25) is 4.90 Å². The number of benzene rings is 1. The third-order valence-electron chi connectivity index (χ3n) is 4.24. The number of ether oxygens (including phenoxy) is 1. The minimum absolute atomic E-state index is 0.289. The van der Waals surface area contributed by atoms with Gasteiger partial charge >= 0.3 is 0 Å². The van der Waals surface area contributed by atoms with E-state index in [0.29, 0.717) is 24.4 Å². The largest absolute Gasteiger partial charge is 0.489 e. The predicted octanol–water partition coefficient (Wildman–Crippen LogP) is 3.19. The molecule has 1 aromatic rings. The summed E-state index contributed by atoms with van der Waals surface area (Å²) in [5.74, 6) is 0.0581. The number of halogens is 1. The summed E-state index contributed by atoms with van der Waals surface area (Å²) >= 11 is 0. The van der Waals surface area contributed by atoms with Gasteiger partial charge in [-0.2, -0.15) is 0 Å². The lowest BCUT2D eigenvalue weighted by Gasteiger charge is -2.35. The van der Waals surface area contributed by atoms with Crippen LogP contribution in [0, 0.1) is 5.82 Å². The van der Waals surface area contributed by atoms with Crippen LogP contribution in [0.1, 0.15) is 39.0 Å². The van der Waals surface area contributed by atoms with Gasteiger partial charge in [-0.05, 0) is 50.8 Å². The minimum atomic E-state index is -0.289. The summed E-state index contributed by atoms with van der Waals surface area (Å²) in [5, 5.41) is 0. The highest BCUT2D eigenvalue weighted by Crippen LogP contribution is 2.22. The van der Waals surface area contributed by atoms with Crippen molar-refractivity contribution in [3.63, 3.8) is 0 Å². The summed E-state index contributed by atoms with van der Waals surface area (Å²) in [5.41, 5.74) is 5.98. The maximum atomic E-state index is 13.5. The molecule has 21 heavy (non-hydrogen) atoms. The number of nitrogens with zero attached hydrogens (tertiary/aromatic N) is 1. The van der Waals surface area contributed by atoms with Crippen LogP contribution in [-0.2, 0) is 0 Å². The van der Waals surface area contributed by atoms with E-state index in [0.717, 1.165) is 32.4 Å². The Labute approximate surface area is 127 Å². The molecular formula is C17H27FN2O. The summed E-state index contributed by atoms with van der Waals surface area (Å²) < 4.78 is 19.1. The summed E-state index contributed by atoms with van der Waals surface area (Å²) in [6, 6.07) is 7.57. The summed E-state index contributed by atoms with van der Waals surface area (Å²) in [7, 11) is 0. The lowest BCUT2D eigenvalue weighted by atomic mass is 9.90. The van der Waals surface area contributed by atoms with Gasteiger partial charge in [0, 0.05) is 18.6 Å². The molecule has 0 spiro atoms. The minimum Gasteiger partial charge on any atom is -0.489 e. The highest BCUT2D eigenvalue weighted by molar-refractivity contribution is 5.23. The zero-order valence-corrected chi connectivity index (χ0v) is 12.9. The van der Waals surface area contributed by atoms with Crippen LogP contribution in [0.3, 0.4) is 0 Å². The van der Waals surface area contributed by atoms with Crippen LogP contribution >= 0.6 is 0 Å². The van der Waals surface area contributed by atoms with Crippen molar-refractivity contribution < 1.29 is 9.13 Å². The molecule has 1 aromatic carbocycles. The lowest BCUT2D eigenvalue weighted by Crippen LogP contribution is -2.43. The van der Waals surface area contributed by atoms with Crippen LogP contribution < -0.4 is 10.5 Å². The predicted molar refractivity (Wildman–Crippen MR) is 84.0 cm³/mol. The van der Waals surface area contributed by atoms with Gasteiger partial charge in [-0.1, -0.05) is 19.1 Å². The molecule has 0 unspecified atom stereocenters. The first-order chi connectivity index (χ1) is 10.2. The Hall–Kier alpha value is -1.13. The Morgan fingerprint density at radius 3 is 2.57 bits per heavy atom. The average Bonchev–Trinajstić information content (AvgIpc) is 2.49. The maximum Gasteiger partial charge on any atom is 0.165 e. The van der Waals surface area contributed by atoms with Gasteiger partial charge in [0.15, 0.2) is 11.6 Å². The Balaban J connectivity index is 1.81. The lowest BCUT2D eigenvalue weighted by molar-refractivity contribution is 0.125. The fourth-order valence-corrected chi connectivity index (χ4v) is 3.07. The number of rotatable bonds is 7. The van der Waals surface area contributed by atoms with E-state index in [2.05, 4.69) is 11.8 Å². The molecule has 0 heterocycles. The molecule has 0 amide bonds. The fourth-order valence-electron chi connectivity index (χ4n) is 3.07. The second-order valence-electron chi connectivity index (χ2n) is 5.88. The zero-order chi connectivity index (χ0) is 15.1. The molecule has 1 aliphatic carbocycles. The average molecular weight is 294 g/mol. The van der Waals surface area contributed by atoms with Gasteiger partial charge in [-0.15, -0.1) is 0 Å². The van der Waals surface area contributed by atoms with Gasteiger partial charge in [0.1, 0.15) is 6.61 Å². The van der Waals surface area contributed by atoms with Gasteiger partial charge in [0.2, 0.25) is 0 Å². The number of nitrogens with two attached hydrogens (primary N) is 1. The van der Waals surface area contributed by atoms with Crippen molar-refractivity contribution in [2.75, 3.05) is 19.7 Å². The van der Waals surface area contributed by atoms with Crippen LogP contribution in [0.5, 0.6) is 5.75 Å². The highest BCUT2D eigenvalue weighted by atomic mass is 19.1. The van der Waals surface area contributed by atoms with Crippen molar-refractivity contribution in [3.8, 4) is 5.75 Å². The van der Waals surface area contributed by atoms with Crippen molar-refractivity contribution in [1.82, 2.24) is 4.90 Å². The molecule has 1 fully saturated rings. The van der Waals surface area contributed by atoms with Crippen LogP contribution in [0.15, 0.2) is 24.3 Å². The van der Waals surface area contributed by atoms with E-state index in [1.807, 2.05) is 0 Å². The van der Waals surface area contributed by atoms with E-state index in [1.54, 1.807) is 18.2 Å². The molecule has 1 saturated carbocycles. The second-order valence-corrected chi connectivity index (χ2v) is 5.88. The van der Waals surface area contributed by atoms with Crippen molar-refractivity contribution in [3.05, 3.63) is 30.1 Å². The molecule has 118 valence electrons. The van der Waals surface area contributed by atoms with E-state index in [9.17, 15) is 4.39 Å². The van der Waals surface area contributed by atoms with Crippen molar-refractivity contribution in [1.29, 1.82) is 0 Å². The van der Waals surface area contributed by atoms with Gasteiger partial charge in [-0.25, -0.2) is 4.39 Å². The van der Waals surface area contributed by atoms with E-state index >= 15 is 0 Å². The van der Waals surface area contributed by atoms with Gasteiger partial charge in [0.05, 0.1) is 0 Å². The molecule has 0 bridgehead atoms. The second kappa shape index (κ2) is 8.35. The number of para-hydroxylation sites is 1. The van der Waals surface area contributed by atoms with Crippen LogP contribution in [-0.4, -0.2) is 36.7 Å². The Morgan fingerprint density at radius 1 is 1.19 bits per heavy atom. The monoisotopic (exact) mass is 294 g/mol. The third-order valence-corrected chi connectivity index (χ3v) is 4.24. The molecule has 4 heteroatoms. The molecule has 2 rings (SSSR count). The molecule has 0 saturated heterocycles. The molecular weight excluding hydrogens is 267 g/mol. The molecule has 0 aromatic heterocycles. The Kier molecular flexibility index (Phi) is 6.46. The highest BCUT2D eigenvalue weighted by Gasteiger charge is 2.23. The first-order valence-electron chi connectivity index (χ1n) is 8.07. The Morgan fingerprint density at radius 2 is 1.90 bits per heavy atom. The van der Waals surface area contributed by atoms with Crippen molar-refractivity contribution in [2.24, 2.45) is 5.73 Å². The topological polar surface area (TPSA) is 38.5 Å². The molecule has 1 aliphatic rings. The van der Waals surface area contributed by atoms with Crippen LogP contribution in [0.2, 0.25) is 0 Å². The van der Waals surface area contributed by atoms with E-state index in [4.69, 9.17) is 10.5 Å². The number of hydrogen-bond acceptors (Lipinski definition) is 3. The van der Waals surface area contributed by atoms with Crippen LogP contribution in [0.4, 0.5) is 4.39 Å². The SMILES string of the molecule is CCCN(CCOc1ccccc1F)C1CCC(N)CC1. The Bertz CT molecular complexity index is 419. The number of hydrogen-bond donors (Lipinski definition) is 1. The molecule has 2 N–H and O–H groups in total. The van der Waals surface area contributed by atoms with E-state index < -0.39 is 0 Å². The summed E-state index contributed by atoms with van der Waals surface area (Å²) in [4.78, 5) is 2.48. The summed E-state index contributed by atoms with van der Waals surface area (Å²) in [6.45, 7) is 4.64. The van der Waals surface area contributed by atoms with E-state index in [-0.39, 0.29) is 5.82 Å². The first kappa shape index (κ1) is 16.2. The maximum absolute atomic E-state index is 13.5. The van der Waals surface area contributed by atoms with Gasteiger partial charge in [0.25, 0.3) is 0 Å². The van der Waals surface area contributed by atoms with Crippen molar-refractivity contribution in [2.45, 2.75) is 51.1 Å². The van der Waals surface area contributed by atoms with Crippen molar-refractivity contribution >= 4 is 0 Å². The fraction of sp³-hybridized carbons (Fsp3) is 0.647. The molecule has 0 atom stereocenters. The summed E-state index contributed by atoms with van der Waals surface area (Å²) in [6.07, 6.45) is 5.68. The third kappa shape index (κ3) is 4.97. The van der Waals surface area contributed by atoms with Crippen LogP contribution in [0.25, 0.3) is 0 Å². The zero-order valence-electron chi connectivity index (χ0n) is 12.9. The standard InChI is InChI=1S/C17H27FN2O/c1-2-11-20(15-9-7-14(19)8-10-15)12-13-21-17-6-4-3-5-16(17)18/h3-6,14-15H,2,7-13,19H2,1H3. The molecule has 0 radical (unpaired) electrons. The first-order valence-corrected chi connectivity index (χ1v) is 8.07. The molecule has 3 nitrogen and oxygen atoms in total. The quantitative estimate of drug-likeness (QED) is 0.839.